The Bertz CT molecular complexity index is 829. The molecule has 8 nitrogen and oxygen atoms in total. The molecule has 2 aromatic rings. The van der Waals surface area contributed by atoms with Gasteiger partial charge in [-0.05, 0) is 49.6 Å². The van der Waals surface area contributed by atoms with E-state index in [-0.39, 0.29) is 18.8 Å². The fourth-order valence-electron chi connectivity index (χ4n) is 2.56. The van der Waals surface area contributed by atoms with Gasteiger partial charge in [-0.3, -0.25) is 9.63 Å². The van der Waals surface area contributed by atoms with Crippen molar-refractivity contribution in [3.05, 3.63) is 65.2 Å². The number of amides is 2. The third-order valence-electron chi connectivity index (χ3n) is 4.05. The first-order chi connectivity index (χ1) is 14.2. The molecule has 162 valence electrons. The van der Waals surface area contributed by atoms with E-state index in [1.165, 1.54) is 12.1 Å². The third-order valence-corrected chi connectivity index (χ3v) is 4.05. The molecule has 2 rings (SSSR count). The number of hydrogen-bond donors (Lipinski definition) is 4. The number of alkyl carbamates (subject to hydrolysis) is 1. The summed E-state index contributed by atoms with van der Waals surface area (Å²) in [5.41, 5.74) is 9.87. The number of phenolic OH excluding ortho intramolecular Hbond substituents is 1. The molecule has 0 saturated carbocycles. The highest BCUT2D eigenvalue weighted by atomic mass is 16.7. The molecule has 0 aliphatic rings. The van der Waals surface area contributed by atoms with Crippen LogP contribution in [-0.4, -0.2) is 28.7 Å². The zero-order valence-electron chi connectivity index (χ0n) is 17.5. The van der Waals surface area contributed by atoms with E-state index in [9.17, 15) is 14.7 Å². The van der Waals surface area contributed by atoms with E-state index in [1.54, 1.807) is 32.9 Å². The number of nitrogens with one attached hydrogen (secondary N) is 2. The Kier molecular flexibility index (Phi) is 8.20. The molecule has 1 atom stereocenters. The number of rotatable bonds is 8. The first-order valence-corrected chi connectivity index (χ1v) is 9.63. The van der Waals surface area contributed by atoms with Crippen molar-refractivity contribution in [3.63, 3.8) is 0 Å². The fraction of sp³-hybridized carbons (Fsp3) is 0.364. The molecule has 1 unspecified atom stereocenters. The topological polar surface area (TPSA) is 123 Å². The third kappa shape index (κ3) is 8.10. The summed E-state index contributed by atoms with van der Waals surface area (Å²) >= 11 is 0. The van der Waals surface area contributed by atoms with Crippen LogP contribution in [0.15, 0.2) is 48.5 Å². The molecule has 0 radical (unpaired) electrons. The lowest BCUT2D eigenvalue weighted by Gasteiger charge is -2.23. The van der Waals surface area contributed by atoms with Gasteiger partial charge in [0.15, 0.2) is 0 Å². The van der Waals surface area contributed by atoms with Crippen molar-refractivity contribution >= 4 is 12.0 Å². The van der Waals surface area contributed by atoms with Crippen LogP contribution in [0, 0.1) is 0 Å². The van der Waals surface area contributed by atoms with Gasteiger partial charge in [-0.15, -0.1) is 0 Å². The lowest BCUT2D eigenvalue weighted by Crippen LogP contribution is -2.49. The van der Waals surface area contributed by atoms with Gasteiger partial charge in [0.2, 0.25) is 0 Å². The Morgan fingerprint density at radius 2 is 1.57 bits per heavy atom. The fourth-order valence-corrected chi connectivity index (χ4v) is 2.56. The lowest BCUT2D eigenvalue weighted by molar-refractivity contribution is -0.136. The quantitative estimate of drug-likeness (QED) is 0.492. The van der Waals surface area contributed by atoms with Crippen LogP contribution >= 0.6 is 0 Å². The van der Waals surface area contributed by atoms with Crippen LogP contribution in [0.2, 0.25) is 0 Å². The number of carbonyl (C=O) groups is 2. The first kappa shape index (κ1) is 23.2. The van der Waals surface area contributed by atoms with E-state index in [2.05, 4.69) is 10.8 Å². The van der Waals surface area contributed by atoms with E-state index >= 15 is 0 Å². The molecule has 30 heavy (non-hydrogen) atoms. The number of benzene rings is 2. The Labute approximate surface area is 176 Å². The highest BCUT2D eigenvalue weighted by Crippen LogP contribution is 2.13. The highest BCUT2D eigenvalue weighted by Gasteiger charge is 2.25. The standard InChI is InChI=1S/C22H29N3O5/c1-22(2,3)30-21(28)24-19(12-15-8-10-18(26)11-9-15)20(27)25-29-14-17-6-4-16(13-23)5-7-17/h4-11,19,26H,12-14,23H2,1-3H3,(H,24,28)(H,25,27). The molecule has 8 heteroatoms. The SMILES string of the molecule is CC(C)(C)OC(=O)NC(Cc1ccc(O)cc1)C(=O)NOCc1ccc(CN)cc1. The number of ether oxygens (including phenoxy) is 1. The number of carbonyl (C=O) groups excluding carboxylic acids is 2. The van der Waals surface area contributed by atoms with Gasteiger partial charge in [0.25, 0.3) is 5.91 Å². The Hall–Kier alpha value is -3.10. The molecular formula is C22H29N3O5. The van der Waals surface area contributed by atoms with Crippen molar-refractivity contribution in [2.75, 3.05) is 0 Å². The van der Waals surface area contributed by atoms with Crippen LogP contribution in [0.4, 0.5) is 4.79 Å². The predicted molar refractivity (Wildman–Crippen MR) is 112 cm³/mol. The molecule has 0 aliphatic heterocycles. The summed E-state index contributed by atoms with van der Waals surface area (Å²) in [5.74, 6) is -0.406. The van der Waals surface area contributed by atoms with E-state index in [0.717, 1.165) is 16.7 Å². The van der Waals surface area contributed by atoms with Gasteiger partial charge in [-0.25, -0.2) is 10.3 Å². The average molecular weight is 415 g/mol. The minimum absolute atomic E-state index is 0.115. The van der Waals surface area contributed by atoms with Crippen LogP contribution in [-0.2, 0) is 33.9 Å². The van der Waals surface area contributed by atoms with Gasteiger partial charge < -0.3 is 20.9 Å². The second kappa shape index (κ2) is 10.6. The molecule has 0 saturated heterocycles. The largest absolute Gasteiger partial charge is 0.508 e. The van der Waals surface area contributed by atoms with Crippen LogP contribution in [0.5, 0.6) is 5.75 Å². The molecule has 0 heterocycles. The average Bonchev–Trinajstić information content (AvgIpc) is 2.68. The van der Waals surface area contributed by atoms with E-state index in [0.29, 0.717) is 6.54 Å². The maximum Gasteiger partial charge on any atom is 0.408 e. The lowest BCUT2D eigenvalue weighted by atomic mass is 10.1. The zero-order valence-corrected chi connectivity index (χ0v) is 17.5. The molecule has 0 bridgehead atoms. The summed E-state index contributed by atoms with van der Waals surface area (Å²) in [6.45, 7) is 5.82. The minimum atomic E-state index is -0.927. The summed E-state index contributed by atoms with van der Waals surface area (Å²) in [5, 5.41) is 12.0. The van der Waals surface area contributed by atoms with Crippen molar-refractivity contribution in [1.82, 2.24) is 10.8 Å². The monoisotopic (exact) mass is 415 g/mol. The van der Waals surface area contributed by atoms with Gasteiger partial charge >= 0.3 is 6.09 Å². The van der Waals surface area contributed by atoms with Crippen molar-refractivity contribution in [2.24, 2.45) is 5.73 Å². The van der Waals surface area contributed by atoms with Crippen LogP contribution in [0.3, 0.4) is 0 Å². The van der Waals surface area contributed by atoms with Gasteiger partial charge in [0, 0.05) is 13.0 Å². The second-order valence-electron chi connectivity index (χ2n) is 7.84. The second-order valence-corrected chi connectivity index (χ2v) is 7.84. The van der Waals surface area contributed by atoms with Gasteiger partial charge in [-0.1, -0.05) is 36.4 Å². The molecular weight excluding hydrogens is 386 g/mol. The molecule has 0 aliphatic carbocycles. The summed E-state index contributed by atoms with van der Waals surface area (Å²) in [6, 6.07) is 12.9. The Balaban J connectivity index is 1.98. The molecule has 2 aromatic carbocycles. The number of hydrogen-bond acceptors (Lipinski definition) is 6. The van der Waals surface area contributed by atoms with E-state index in [4.69, 9.17) is 15.3 Å². The van der Waals surface area contributed by atoms with Crippen molar-refractivity contribution in [1.29, 1.82) is 0 Å². The van der Waals surface area contributed by atoms with Gasteiger partial charge in [0.1, 0.15) is 17.4 Å². The van der Waals surface area contributed by atoms with E-state index < -0.39 is 23.6 Å². The maximum atomic E-state index is 12.6. The van der Waals surface area contributed by atoms with Crippen molar-refractivity contribution in [2.45, 2.75) is 52.0 Å². The summed E-state index contributed by atoms with van der Waals surface area (Å²) < 4.78 is 5.25. The zero-order chi connectivity index (χ0) is 22.1. The molecule has 5 N–H and O–H groups in total. The summed E-state index contributed by atoms with van der Waals surface area (Å²) in [6.07, 6.45) is -0.515. The first-order valence-electron chi connectivity index (χ1n) is 9.63. The highest BCUT2D eigenvalue weighted by molar-refractivity contribution is 5.85. The number of hydroxylamine groups is 1. The summed E-state index contributed by atoms with van der Waals surface area (Å²) in [7, 11) is 0. The van der Waals surface area contributed by atoms with E-state index in [1.807, 2.05) is 24.3 Å². The Morgan fingerprint density at radius 3 is 2.13 bits per heavy atom. The molecule has 2 amide bonds. The van der Waals surface area contributed by atoms with Gasteiger partial charge in [0.05, 0.1) is 6.61 Å². The van der Waals surface area contributed by atoms with Crippen LogP contribution < -0.4 is 16.5 Å². The van der Waals surface area contributed by atoms with Gasteiger partial charge in [-0.2, -0.15) is 0 Å². The number of phenols is 1. The predicted octanol–water partition coefficient (Wildman–Crippen LogP) is 2.53. The van der Waals surface area contributed by atoms with Crippen LogP contribution in [0.25, 0.3) is 0 Å². The normalized spacial score (nSPS) is 12.1. The smallest absolute Gasteiger partial charge is 0.408 e. The van der Waals surface area contributed by atoms with Crippen LogP contribution in [0.1, 0.15) is 37.5 Å². The molecule has 0 aromatic heterocycles. The summed E-state index contributed by atoms with van der Waals surface area (Å²) in [4.78, 5) is 30.1. The molecule has 0 spiro atoms. The maximum absolute atomic E-state index is 12.6. The number of aromatic hydroxyl groups is 1. The molecule has 0 fully saturated rings. The Morgan fingerprint density at radius 1 is 1.00 bits per heavy atom. The van der Waals surface area contributed by atoms with Crippen molar-refractivity contribution < 1.29 is 24.3 Å². The van der Waals surface area contributed by atoms with Crippen molar-refractivity contribution in [3.8, 4) is 5.75 Å². The number of nitrogens with two attached hydrogens (primary N) is 1. The minimum Gasteiger partial charge on any atom is -0.508 e.